The van der Waals surface area contributed by atoms with Crippen LogP contribution in [0.5, 0.6) is 0 Å². The fourth-order valence-electron chi connectivity index (χ4n) is 1.76. The summed E-state index contributed by atoms with van der Waals surface area (Å²) < 4.78 is 14.5. The quantitative estimate of drug-likeness (QED) is 0.894. The number of carbonyl (C=O) groups excluding carboxylic acids is 1. The highest BCUT2D eigenvalue weighted by Gasteiger charge is 2.12. The summed E-state index contributed by atoms with van der Waals surface area (Å²) in [6.45, 7) is 2.35. The number of nitrogens with zero attached hydrogens (tertiary/aromatic N) is 2. The third kappa shape index (κ3) is 3.64. The lowest BCUT2D eigenvalue weighted by Gasteiger charge is -2.13. The first-order chi connectivity index (χ1) is 9.16. The van der Waals surface area contributed by atoms with Crippen molar-refractivity contribution in [2.24, 2.45) is 0 Å². The number of hydrogen-bond donors (Lipinski definition) is 1. The average molecular weight is 261 g/mol. The van der Waals surface area contributed by atoms with E-state index in [1.54, 1.807) is 35.4 Å². The molecular formula is C14H16FN3O. The van der Waals surface area contributed by atoms with Crippen LogP contribution < -0.4 is 5.32 Å². The van der Waals surface area contributed by atoms with Gasteiger partial charge in [-0.05, 0) is 31.0 Å². The van der Waals surface area contributed by atoms with Crippen molar-refractivity contribution >= 4 is 5.91 Å². The van der Waals surface area contributed by atoms with E-state index in [4.69, 9.17) is 0 Å². The maximum absolute atomic E-state index is 12.7. The number of rotatable bonds is 5. The molecule has 0 saturated heterocycles. The topological polar surface area (TPSA) is 46.9 Å². The van der Waals surface area contributed by atoms with Crippen LogP contribution in [0.15, 0.2) is 43.0 Å². The Hall–Kier alpha value is -2.17. The number of halogens is 1. The molecule has 0 aliphatic heterocycles. The maximum Gasteiger partial charge on any atom is 0.242 e. The molecular weight excluding hydrogens is 245 g/mol. The molecule has 2 rings (SSSR count). The van der Waals surface area contributed by atoms with Gasteiger partial charge in [-0.3, -0.25) is 4.79 Å². The van der Waals surface area contributed by atoms with Gasteiger partial charge in [-0.25, -0.2) is 9.37 Å². The molecule has 0 bridgehead atoms. The van der Waals surface area contributed by atoms with Crippen molar-refractivity contribution in [3.8, 4) is 0 Å². The summed E-state index contributed by atoms with van der Waals surface area (Å²) in [4.78, 5) is 15.8. The molecule has 1 aromatic carbocycles. The lowest BCUT2D eigenvalue weighted by molar-refractivity contribution is -0.123. The Labute approximate surface area is 111 Å². The van der Waals surface area contributed by atoms with E-state index in [9.17, 15) is 9.18 Å². The van der Waals surface area contributed by atoms with Crippen LogP contribution in [0.2, 0.25) is 0 Å². The molecule has 0 aliphatic carbocycles. The molecule has 0 saturated carbocycles. The highest BCUT2D eigenvalue weighted by molar-refractivity contribution is 5.79. The summed E-state index contributed by atoms with van der Waals surface area (Å²) in [5.41, 5.74) is 0.997. The smallest absolute Gasteiger partial charge is 0.242 e. The van der Waals surface area contributed by atoms with Gasteiger partial charge in [0.05, 0.1) is 6.33 Å². The van der Waals surface area contributed by atoms with E-state index in [0.717, 1.165) is 5.56 Å². The predicted octanol–water partition coefficient (Wildman–Crippen LogP) is 1.94. The van der Waals surface area contributed by atoms with Crippen LogP contribution in [0.1, 0.15) is 18.5 Å². The molecule has 1 unspecified atom stereocenters. The fraction of sp³-hybridized carbons (Fsp3) is 0.286. The number of hydrogen-bond acceptors (Lipinski definition) is 2. The Bertz CT molecular complexity index is 522. The van der Waals surface area contributed by atoms with Crippen LogP contribution in [-0.2, 0) is 11.2 Å². The molecule has 100 valence electrons. The molecule has 0 spiro atoms. The zero-order valence-corrected chi connectivity index (χ0v) is 10.7. The van der Waals surface area contributed by atoms with Gasteiger partial charge >= 0.3 is 0 Å². The van der Waals surface area contributed by atoms with Crippen LogP contribution in [0.25, 0.3) is 0 Å². The van der Waals surface area contributed by atoms with Crippen molar-refractivity contribution in [1.82, 2.24) is 14.9 Å². The number of amides is 1. The van der Waals surface area contributed by atoms with Crippen LogP contribution in [0.3, 0.4) is 0 Å². The largest absolute Gasteiger partial charge is 0.354 e. The molecule has 1 amide bonds. The lowest BCUT2D eigenvalue weighted by Crippen LogP contribution is -2.32. The number of carbonyl (C=O) groups is 1. The predicted molar refractivity (Wildman–Crippen MR) is 70.1 cm³/mol. The summed E-state index contributed by atoms with van der Waals surface area (Å²) >= 11 is 0. The Balaban J connectivity index is 1.79. The van der Waals surface area contributed by atoms with E-state index in [0.29, 0.717) is 13.0 Å². The van der Waals surface area contributed by atoms with Crippen LogP contribution in [0, 0.1) is 5.82 Å². The zero-order chi connectivity index (χ0) is 13.7. The summed E-state index contributed by atoms with van der Waals surface area (Å²) in [7, 11) is 0. The van der Waals surface area contributed by atoms with Crippen molar-refractivity contribution in [2.75, 3.05) is 6.54 Å². The highest BCUT2D eigenvalue weighted by Crippen LogP contribution is 2.05. The second-order valence-corrected chi connectivity index (χ2v) is 4.35. The first-order valence-corrected chi connectivity index (χ1v) is 6.16. The van der Waals surface area contributed by atoms with Crippen molar-refractivity contribution in [2.45, 2.75) is 19.4 Å². The number of benzene rings is 1. The van der Waals surface area contributed by atoms with Crippen LogP contribution in [-0.4, -0.2) is 22.0 Å². The van der Waals surface area contributed by atoms with Gasteiger partial charge in [-0.2, -0.15) is 0 Å². The van der Waals surface area contributed by atoms with Gasteiger partial charge in [0.1, 0.15) is 11.9 Å². The zero-order valence-electron chi connectivity index (χ0n) is 10.7. The average Bonchev–Trinajstić information content (AvgIpc) is 2.94. The van der Waals surface area contributed by atoms with Gasteiger partial charge in [0.2, 0.25) is 5.91 Å². The summed E-state index contributed by atoms with van der Waals surface area (Å²) in [6, 6.07) is 6.01. The van der Waals surface area contributed by atoms with Gasteiger partial charge in [-0.1, -0.05) is 12.1 Å². The molecule has 5 heteroatoms. The minimum absolute atomic E-state index is 0.0555. The van der Waals surface area contributed by atoms with Crippen LogP contribution >= 0.6 is 0 Å². The maximum atomic E-state index is 12.7. The standard InChI is InChI=1S/C14H16FN3O/c1-11(18-9-8-16-10-18)14(19)17-7-6-12-2-4-13(15)5-3-12/h2-5,8-11H,6-7H2,1H3,(H,17,19). The normalized spacial score (nSPS) is 12.1. The number of nitrogens with one attached hydrogen (secondary N) is 1. The SMILES string of the molecule is CC(C(=O)NCCc1ccc(F)cc1)n1ccnc1. The Morgan fingerprint density at radius 2 is 2.16 bits per heavy atom. The third-order valence-corrected chi connectivity index (χ3v) is 2.98. The van der Waals surface area contributed by atoms with E-state index in [1.165, 1.54) is 12.1 Å². The van der Waals surface area contributed by atoms with Crippen molar-refractivity contribution in [3.05, 3.63) is 54.4 Å². The fourth-order valence-corrected chi connectivity index (χ4v) is 1.76. The molecule has 1 aromatic heterocycles. The summed E-state index contributed by atoms with van der Waals surface area (Å²) in [6.07, 6.45) is 5.69. The van der Waals surface area contributed by atoms with E-state index in [1.807, 2.05) is 6.92 Å². The second kappa shape index (κ2) is 6.13. The number of imidazole rings is 1. The molecule has 1 atom stereocenters. The molecule has 1 heterocycles. The monoisotopic (exact) mass is 261 g/mol. The first kappa shape index (κ1) is 13.3. The van der Waals surface area contributed by atoms with E-state index >= 15 is 0 Å². The Kier molecular flexibility index (Phi) is 4.28. The van der Waals surface area contributed by atoms with Gasteiger partial charge < -0.3 is 9.88 Å². The Morgan fingerprint density at radius 3 is 2.79 bits per heavy atom. The highest BCUT2D eigenvalue weighted by atomic mass is 19.1. The minimum Gasteiger partial charge on any atom is -0.354 e. The molecule has 4 nitrogen and oxygen atoms in total. The van der Waals surface area contributed by atoms with E-state index in [-0.39, 0.29) is 17.8 Å². The molecule has 0 aliphatic rings. The number of aromatic nitrogens is 2. The third-order valence-electron chi connectivity index (χ3n) is 2.98. The molecule has 0 fully saturated rings. The van der Waals surface area contributed by atoms with Gasteiger partial charge in [0, 0.05) is 18.9 Å². The van der Waals surface area contributed by atoms with Crippen LogP contribution in [0.4, 0.5) is 4.39 Å². The van der Waals surface area contributed by atoms with Gasteiger partial charge in [0.15, 0.2) is 0 Å². The van der Waals surface area contributed by atoms with Gasteiger partial charge in [0.25, 0.3) is 0 Å². The molecule has 19 heavy (non-hydrogen) atoms. The van der Waals surface area contributed by atoms with Crippen molar-refractivity contribution in [1.29, 1.82) is 0 Å². The Morgan fingerprint density at radius 1 is 1.42 bits per heavy atom. The van der Waals surface area contributed by atoms with Crippen molar-refractivity contribution in [3.63, 3.8) is 0 Å². The second-order valence-electron chi connectivity index (χ2n) is 4.35. The first-order valence-electron chi connectivity index (χ1n) is 6.16. The lowest BCUT2D eigenvalue weighted by atomic mass is 10.1. The minimum atomic E-state index is -0.282. The summed E-state index contributed by atoms with van der Waals surface area (Å²) in [5, 5.41) is 2.85. The molecule has 0 radical (unpaired) electrons. The van der Waals surface area contributed by atoms with Gasteiger partial charge in [-0.15, -0.1) is 0 Å². The molecule has 1 N–H and O–H groups in total. The molecule has 2 aromatic rings. The van der Waals surface area contributed by atoms with E-state index < -0.39 is 0 Å². The van der Waals surface area contributed by atoms with E-state index in [2.05, 4.69) is 10.3 Å². The summed E-state index contributed by atoms with van der Waals surface area (Å²) in [5.74, 6) is -0.304. The van der Waals surface area contributed by atoms with Crippen molar-refractivity contribution < 1.29 is 9.18 Å².